The summed E-state index contributed by atoms with van der Waals surface area (Å²) in [4.78, 5) is 8.06. The number of fused-ring (bicyclic) bond motifs is 2. The summed E-state index contributed by atoms with van der Waals surface area (Å²) < 4.78 is 0. The van der Waals surface area contributed by atoms with Crippen LogP contribution < -0.4 is 0 Å². The van der Waals surface area contributed by atoms with Crippen molar-refractivity contribution in [3.05, 3.63) is 42.2 Å². The Morgan fingerprint density at radius 1 is 1.12 bits per heavy atom. The van der Waals surface area contributed by atoms with Gasteiger partial charge in [-0.25, -0.2) is 4.98 Å². The van der Waals surface area contributed by atoms with Gasteiger partial charge >= 0.3 is 0 Å². The quantitative estimate of drug-likeness (QED) is 0.714. The van der Waals surface area contributed by atoms with Gasteiger partial charge in [0.1, 0.15) is 5.82 Å². The molecule has 1 aromatic heterocycles. The molecule has 0 atom stereocenters. The van der Waals surface area contributed by atoms with Gasteiger partial charge in [-0.2, -0.15) is 0 Å². The number of benzene rings is 2. The third kappa shape index (κ3) is 1.91. The van der Waals surface area contributed by atoms with E-state index >= 15 is 0 Å². The molecule has 1 heterocycles. The van der Waals surface area contributed by atoms with Crippen LogP contribution in [-0.4, -0.2) is 9.97 Å². The smallest absolute Gasteiger partial charge is 0.107 e. The lowest BCUT2D eigenvalue weighted by molar-refractivity contribution is 0.765. The van der Waals surface area contributed by atoms with E-state index in [4.69, 9.17) is 0 Å². The Morgan fingerprint density at radius 2 is 1.88 bits per heavy atom. The Kier molecular flexibility index (Phi) is 2.56. The summed E-state index contributed by atoms with van der Waals surface area (Å²) in [6, 6.07) is 12.8. The highest BCUT2D eigenvalue weighted by Gasteiger charge is 2.03. The summed E-state index contributed by atoms with van der Waals surface area (Å²) in [7, 11) is 0. The van der Waals surface area contributed by atoms with Gasteiger partial charge in [0.2, 0.25) is 0 Å². The highest BCUT2D eigenvalue weighted by Crippen LogP contribution is 2.21. The Bertz CT molecular complexity index is 600. The third-order valence-corrected chi connectivity index (χ3v) is 3.17. The van der Waals surface area contributed by atoms with E-state index in [1.54, 1.807) is 0 Å². The van der Waals surface area contributed by atoms with Crippen LogP contribution in [0, 0.1) is 0 Å². The topological polar surface area (TPSA) is 28.7 Å². The van der Waals surface area contributed by atoms with E-state index in [9.17, 15) is 0 Å². The van der Waals surface area contributed by atoms with Gasteiger partial charge < -0.3 is 4.98 Å². The van der Waals surface area contributed by atoms with E-state index in [-0.39, 0.29) is 0 Å². The summed E-state index contributed by atoms with van der Waals surface area (Å²) in [6.07, 6.45) is 3.44. The lowest BCUT2D eigenvalue weighted by Gasteiger charge is -1.95. The van der Waals surface area contributed by atoms with Crippen LogP contribution >= 0.6 is 0 Å². The lowest BCUT2D eigenvalue weighted by atomic mass is 10.1. The molecule has 0 fully saturated rings. The molecule has 0 aliphatic carbocycles. The van der Waals surface area contributed by atoms with Crippen molar-refractivity contribution in [2.45, 2.75) is 26.2 Å². The SMILES string of the molecule is CCCCc1nc2cc3ccccc3cc2[nH]1. The van der Waals surface area contributed by atoms with Gasteiger partial charge in [0.25, 0.3) is 0 Å². The number of aromatic amines is 1. The maximum Gasteiger partial charge on any atom is 0.107 e. The van der Waals surface area contributed by atoms with Gasteiger partial charge in [-0.15, -0.1) is 0 Å². The summed E-state index contributed by atoms with van der Waals surface area (Å²) in [5, 5.41) is 2.53. The average Bonchev–Trinajstić information content (AvgIpc) is 2.75. The fraction of sp³-hybridized carbons (Fsp3) is 0.267. The molecule has 0 radical (unpaired) electrons. The zero-order chi connectivity index (χ0) is 11.7. The summed E-state index contributed by atoms with van der Waals surface area (Å²) in [5.41, 5.74) is 2.23. The minimum Gasteiger partial charge on any atom is -0.342 e. The largest absolute Gasteiger partial charge is 0.342 e. The molecule has 0 spiro atoms. The highest BCUT2D eigenvalue weighted by molar-refractivity contribution is 5.95. The van der Waals surface area contributed by atoms with Crippen molar-refractivity contribution in [2.24, 2.45) is 0 Å². The molecule has 2 heteroatoms. The predicted molar refractivity (Wildman–Crippen MR) is 72.2 cm³/mol. The van der Waals surface area contributed by atoms with Crippen molar-refractivity contribution < 1.29 is 0 Å². The van der Waals surface area contributed by atoms with E-state index in [0.717, 1.165) is 23.3 Å². The van der Waals surface area contributed by atoms with Gasteiger partial charge in [-0.3, -0.25) is 0 Å². The lowest BCUT2D eigenvalue weighted by Crippen LogP contribution is -1.86. The van der Waals surface area contributed by atoms with Crippen LogP contribution in [0.3, 0.4) is 0 Å². The number of hydrogen-bond acceptors (Lipinski definition) is 1. The molecule has 0 bridgehead atoms. The van der Waals surface area contributed by atoms with Gasteiger partial charge in [0.15, 0.2) is 0 Å². The maximum atomic E-state index is 4.64. The van der Waals surface area contributed by atoms with E-state index in [2.05, 4.69) is 53.3 Å². The molecule has 3 aromatic rings. The van der Waals surface area contributed by atoms with Crippen LogP contribution in [0.2, 0.25) is 0 Å². The first-order valence-corrected chi connectivity index (χ1v) is 6.24. The molecule has 2 nitrogen and oxygen atoms in total. The zero-order valence-electron chi connectivity index (χ0n) is 10.0. The molecule has 0 amide bonds. The molecule has 0 unspecified atom stereocenters. The summed E-state index contributed by atoms with van der Waals surface area (Å²) in [5.74, 6) is 1.11. The van der Waals surface area contributed by atoms with Crippen molar-refractivity contribution in [3.8, 4) is 0 Å². The number of rotatable bonds is 3. The molecule has 0 saturated carbocycles. The number of unbranched alkanes of at least 4 members (excludes halogenated alkanes) is 1. The Labute approximate surface area is 101 Å². The number of aryl methyl sites for hydroxylation is 1. The zero-order valence-corrected chi connectivity index (χ0v) is 10.0. The Balaban J connectivity index is 2.11. The van der Waals surface area contributed by atoms with Gasteiger partial charge in [-0.05, 0) is 29.3 Å². The van der Waals surface area contributed by atoms with Crippen LogP contribution in [0.15, 0.2) is 36.4 Å². The number of aromatic nitrogens is 2. The Hall–Kier alpha value is -1.83. The van der Waals surface area contributed by atoms with E-state index in [1.807, 2.05) is 0 Å². The van der Waals surface area contributed by atoms with Crippen molar-refractivity contribution in [3.63, 3.8) is 0 Å². The predicted octanol–water partition coefficient (Wildman–Crippen LogP) is 4.06. The molecule has 17 heavy (non-hydrogen) atoms. The first kappa shape index (κ1) is 10.3. The van der Waals surface area contributed by atoms with E-state index < -0.39 is 0 Å². The van der Waals surface area contributed by atoms with Crippen molar-refractivity contribution in [1.29, 1.82) is 0 Å². The van der Waals surface area contributed by atoms with E-state index in [1.165, 1.54) is 23.6 Å². The number of nitrogens with one attached hydrogen (secondary N) is 1. The number of hydrogen-bond donors (Lipinski definition) is 1. The number of H-pyrrole nitrogens is 1. The first-order valence-electron chi connectivity index (χ1n) is 6.24. The second-order valence-electron chi connectivity index (χ2n) is 4.50. The fourth-order valence-corrected chi connectivity index (χ4v) is 2.21. The van der Waals surface area contributed by atoms with Crippen molar-refractivity contribution >= 4 is 21.8 Å². The maximum absolute atomic E-state index is 4.64. The van der Waals surface area contributed by atoms with Gasteiger partial charge in [-0.1, -0.05) is 37.6 Å². The van der Waals surface area contributed by atoms with Crippen LogP contribution in [0.4, 0.5) is 0 Å². The van der Waals surface area contributed by atoms with Crippen LogP contribution in [-0.2, 0) is 6.42 Å². The summed E-state index contributed by atoms with van der Waals surface area (Å²) >= 11 is 0. The molecule has 2 aromatic carbocycles. The van der Waals surface area contributed by atoms with E-state index in [0.29, 0.717) is 0 Å². The van der Waals surface area contributed by atoms with Crippen LogP contribution in [0.25, 0.3) is 21.8 Å². The second kappa shape index (κ2) is 4.21. The monoisotopic (exact) mass is 224 g/mol. The molecule has 0 aliphatic heterocycles. The highest BCUT2D eigenvalue weighted by atomic mass is 14.9. The number of nitrogens with zero attached hydrogens (tertiary/aromatic N) is 1. The average molecular weight is 224 g/mol. The molecule has 1 N–H and O–H groups in total. The molecule has 3 rings (SSSR count). The molecule has 0 saturated heterocycles. The van der Waals surface area contributed by atoms with Crippen LogP contribution in [0.5, 0.6) is 0 Å². The molecule has 86 valence electrons. The summed E-state index contributed by atoms with van der Waals surface area (Å²) in [6.45, 7) is 2.21. The Morgan fingerprint density at radius 3 is 2.65 bits per heavy atom. The minimum atomic E-state index is 1.04. The van der Waals surface area contributed by atoms with Crippen LogP contribution in [0.1, 0.15) is 25.6 Å². The standard InChI is InChI=1S/C15H16N2/c1-2-3-8-15-16-13-9-11-6-4-5-7-12(11)10-14(13)17-15/h4-7,9-10H,2-3,8H2,1H3,(H,16,17). The number of imidazole rings is 1. The van der Waals surface area contributed by atoms with Crippen molar-refractivity contribution in [1.82, 2.24) is 9.97 Å². The third-order valence-electron chi connectivity index (χ3n) is 3.17. The normalized spacial score (nSPS) is 11.4. The van der Waals surface area contributed by atoms with Gasteiger partial charge in [0.05, 0.1) is 11.0 Å². The molecular formula is C15H16N2. The second-order valence-corrected chi connectivity index (χ2v) is 4.50. The molecule has 0 aliphatic rings. The van der Waals surface area contributed by atoms with Gasteiger partial charge in [0, 0.05) is 6.42 Å². The van der Waals surface area contributed by atoms with Crippen molar-refractivity contribution in [2.75, 3.05) is 0 Å². The minimum absolute atomic E-state index is 1.04. The first-order chi connectivity index (χ1) is 8.36. The molecular weight excluding hydrogens is 208 g/mol. The fourth-order valence-electron chi connectivity index (χ4n) is 2.21.